The van der Waals surface area contributed by atoms with Gasteiger partial charge in [0.25, 0.3) is 0 Å². The molecule has 2 aliphatic rings. The predicted octanol–water partition coefficient (Wildman–Crippen LogP) is 6.01. The van der Waals surface area contributed by atoms with Crippen LogP contribution in [0.4, 0.5) is 26.3 Å². The van der Waals surface area contributed by atoms with Crippen molar-refractivity contribution in [3.8, 4) is 0 Å². The highest BCUT2D eigenvalue weighted by atomic mass is 19.4. The molecule has 3 aromatic rings. The van der Waals surface area contributed by atoms with Crippen molar-refractivity contribution in [1.29, 1.82) is 0 Å². The predicted molar refractivity (Wildman–Crippen MR) is 125 cm³/mol. The van der Waals surface area contributed by atoms with Gasteiger partial charge >= 0.3 is 12.4 Å². The highest BCUT2D eigenvalue weighted by Gasteiger charge is 2.55. The number of piperidine rings is 1. The number of aromatic nitrogens is 4. The zero-order chi connectivity index (χ0) is 27.3. The smallest absolute Gasteiger partial charge is 0.371 e. The minimum absolute atomic E-state index is 0.0188. The summed E-state index contributed by atoms with van der Waals surface area (Å²) in [6.07, 6.45) is -8.55. The maximum atomic E-state index is 13.4. The second-order valence-electron chi connectivity index (χ2n) is 10.3. The molecule has 3 heterocycles. The quantitative estimate of drug-likeness (QED) is 0.389. The summed E-state index contributed by atoms with van der Waals surface area (Å²) in [5, 5.41) is 16.7. The van der Waals surface area contributed by atoms with Gasteiger partial charge in [-0.2, -0.15) is 31.1 Å². The van der Waals surface area contributed by atoms with Crippen molar-refractivity contribution in [1.82, 2.24) is 25.5 Å². The first-order valence-electron chi connectivity index (χ1n) is 12.4. The van der Waals surface area contributed by atoms with Crippen LogP contribution < -0.4 is 5.32 Å². The maximum Gasteiger partial charge on any atom is 0.416 e. The Labute approximate surface area is 215 Å². The largest absolute Gasteiger partial charge is 0.416 e. The normalized spacial score (nSPS) is 25.8. The standard InChI is InChI=1S/C26H27F6N5O/c1-15(2)37-35-23(34-36-37)20-13-24(17-6-4-3-5-7-17)22(9-8-21(20)33-24)38-14-16-10-18(25(27,28)29)12-19(11-16)26(30,31)32/h3-7,10-12,15,20-22,33H,8-9,13-14H2,1-2H3. The number of nitrogens with one attached hydrogen (secondary N) is 1. The molecule has 2 aliphatic heterocycles. The molecule has 2 bridgehead atoms. The Balaban J connectivity index is 1.45. The van der Waals surface area contributed by atoms with Gasteiger partial charge < -0.3 is 10.1 Å². The summed E-state index contributed by atoms with van der Waals surface area (Å²) in [5.41, 5.74) is -2.69. The highest BCUT2D eigenvalue weighted by Crippen LogP contribution is 2.50. The van der Waals surface area contributed by atoms with E-state index in [1.807, 2.05) is 44.2 Å². The van der Waals surface area contributed by atoms with Crippen LogP contribution in [-0.2, 0) is 29.2 Å². The lowest BCUT2D eigenvalue weighted by Crippen LogP contribution is -2.54. The Morgan fingerprint density at radius 2 is 1.66 bits per heavy atom. The number of halogens is 6. The molecule has 0 radical (unpaired) electrons. The fraction of sp³-hybridized carbons (Fsp3) is 0.500. The van der Waals surface area contributed by atoms with Crippen LogP contribution in [0.1, 0.15) is 73.1 Å². The zero-order valence-corrected chi connectivity index (χ0v) is 20.7. The molecule has 12 heteroatoms. The van der Waals surface area contributed by atoms with E-state index in [1.54, 1.807) is 4.80 Å². The number of nitrogens with zero attached hydrogens (tertiary/aromatic N) is 4. The van der Waals surface area contributed by atoms with Crippen molar-refractivity contribution < 1.29 is 31.1 Å². The van der Waals surface area contributed by atoms with E-state index >= 15 is 0 Å². The molecule has 5 rings (SSSR count). The molecule has 204 valence electrons. The maximum absolute atomic E-state index is 13.4. The van der Waals surface area contributed by atoms with Gasteiger partial charge in [-0.25, -0.2) is 0 Å². The molecular weight excluding hydrogens is 512 g/mol. The third-order valence-electron chi connectivity index (χ3n) is 7.38. The number of rotatable bonds is 6. The van der Waals surface area contributed by atoms with Crippen molar-refractivity contribution >= 4 is 0 Å². The summed E-state index contributed by atoms with van der Waals surface area (Å²) in [4.78, 5) is 1.55. The summed E-state index contributed by atoms with van der Waals surface area (Å²) in [6.45, 7) is 3.50. The van der Waals surface area contributed by atoms with Gasteiger partial charge in [0.05, 0.1) is 35.4 Å². The summed E-state index contributed by atoms with van der Waals surface area (Å²) < 4.78 is 86.3. The molecule has 0 amide bonds. The van der Waals surface area contributed by atoms with E-state index < -0.39 is 41.7 Å². The molecule has 0 aliphatic carbocycles. The molecule has 6 nitrogen and oxygen atoms in total. The number of hydrogen-bond donors (Lipinski definition) is 1. The molecule has 0 spiro atoms. The zero-order valence-electron chi connectivity index (χ0n) is 20.7. The van der Waals surface area contributed by atoms with Gasteiger partial charge in [-0.05, 0) is 67.6 Å². The van der Waals surface area contributed by atoms with Gasteiger partial charge in [0.15, 0.2) is 5.82 Å². The third kappa shape index (κ3) is 5.03. The van der Waals surface area contributed by atoms with Crippen molar-refractivity contribution in [3.63, 3.8) is 0 Å². The number of alkyl halides is 6. The monoisotopic (exact) mass is 539 g/mol. The van der Waals surface area contributed by atoms with Gasteiger partial charge in [-0.3, -0.25) is 0 Å². The molecule has 4 atom stereocenters. The number of tetrazole rings is 1. The summed E-state index contributed by atoms with van der Waals surface area (Å²) in [6, 6.07) is 11.1. The third-order valence-corrected chi connectivity index (χ3v) is 7.38. The summed E-state index contributed by atoms with van der Waals surface area (Å²) in [5.74, 6) is 0.518. The number of ether oxygens (including phenoxy) is 1. The van der Waals surface area contributed by atoms with Gasteiger partial charge in [0.1, 0.15) is 0 Å². The average Bonchev–Trinajstić information content (AvgIpc) is 3.47. The lowest BCUT2D eigenvalue weighted by molar-refractivity contribution is -0.143. The van der Waals surface area contributed by atoms with Crippen molar-refractivity contribution in [3.05, 3.63) is 76.6 Å². The van der Waals surface area contributed by atoms with Crippen molar-refractivity contribution in [2.75, 3.05) is 0 Å². The summed E-state index contributed by atoms with van der Waals surface area (Å²) in [7, 11) is 0. The molecule has 4 unspecified atom stereocenters. The van der Waals surface area contributed by atoms with E-state index in [9.17, 15) is 26.3 Å². The van der Waals surface area contributed by atoms with Crippen LogP contribution in [0.2, 0.25) is 0 Å². The van der Waals surface area contributed by atoms with Gasteiger partial charge in [0, 0.05) is 12.0 Å². The van der Waals surface area contributed by atoms with Crippen LogP contribution >= 0.6 is 0 Å². The lowest BCUT2D eigenvalue weighted by Gasteiger charge is -2.42. The van der Waals surface area contributed by atoms with E-state index in [4.69, 9.17) is 4.74 Å². The van der Waals surface area contributed by atoms with Crippen molar-refractivity contribution in [2.24, 2.45) is 0 Å². The van der Waals surface area contributed by atoms with E-state index in [2.05, 4.69) is 20.7 Å². The molecule has 38 heavy (non-hydrogen) atoms. The minimum Gasteiger partial charge on any atom is -0.371 e. The fourth-order valence-corrected chi connectivity index (χ4v) is 5.58. The molecule has 1 N–H and O–H groups in total. The number of benzene rings is 2. The molecule has 2 aromatic carbocycles. The van der Waals surface area contributed by atoms with E-state index in [-0.39, 0.29) is 29.6 Å². The van der Waals surface area contributed by atoms with Crippen LogP contribution in [0.25, 0.3) is 0 Å². The molecule has 2 fully saturated rings. The van der Waals surface area contributed by atoms with E-state index in [0.717, 1.165) is 17.7 Å². The Morgan fingerprint density at radius 3 is 2.24 bits per heavy atom. The van der Waals surface area contributed by atoms with Crippen LogP contribution in [-0.4, -0.2) is 32.4 Å². The molecule has 0 saturated carbocycles. The van der Waals surface area contributed by atoms with Gasteiger partial charge in [-0.15, -0.1) is 10.2 Å². The van der Waals surface area contributed by atoms with Gasteiger partial charge in [0.2, 0.25) is 0 Å². The van der Waals surface area contributed by atoms with Crippen LogP contribution in [0, 0.1) is 0 Å². The first-order chi connectivity index (χ1) is 17.9. The Kier molecular flexibility index (Phi) is 6.75. The Bertz CT molecular complexity index is 1240. The topological polar surface area (TPSA) is 64.9 Å². The number of hydrogen-bond acceptors (Lipinski definition) is 5. The average molecular weight is 540 g/mol. The second kappa shape index (κ2) is 9.64. The highest BCUT2D eigenvalue weighted by molar-refractivity contribution is 5.35. The second-order valence-corrected chi connectivity index (χ2v) is 10.3. The molecule has 2 saturated heterocycles. The SMILES string of the molecule is CC(C)n1nnc(C2CC3(c4ccccc4)NC2CCC3OCc2cc(C(F)(F)F)cc(C(F)(F)F)c2)n1. The van der Waals surface area contributed by atoms with E-state index in [1.165, 1.54) is 0 Å². The van der Waals surface area contributed by atoms with E-state index in [0.29, 0.717) is 25.1 Å². The number of fused-ring (bicyclic) bond motifs is 2. The first kappa shape index (κ1) is 26.6. The molecular formula is C26H27F6N5O. The van der Waals surface area contributed by atoms with Crippen LogP contribution in [0.3, 0.4) is 0 Å². The van der Waals surface area contributed by atoms with Crippen LogP contribution in [0.5, 0.6) is 0 Å². The first-order valence-corrected chi connectivity index (χ1v) is 12.4. The van der Waals surface area contributed by atoms with Gasteiger partial charge in [-0.1, -0.05) is 30.3 Å². The lowest BCUT2D eigenvalue weighted by atomic mass is 9.80. The Hall–Kier alpha value is -2.99. The fourth-order valence-electron chi connectivity index (χ4n) is 5.58. The minimum atomic E-state index is -4.92. The van der Waals surface area contributed by atoms with Crippen molar-refractivity contribution in [2.45, 2.75) is 81.7 Å². The molecule has 1 aromatic heterocycles. The summed E-state index contributed by atoms with van der Waals surface area (Å²) >= 11 is 0. The Morgan fingerprint density at radius 1 is 1.00 bits per heavy atom. The van der Waals surface area contributed by atoms with Crippen LogP contribution in [0.15, 0.2) is 48.5 Å².